The number of isocyanates is 1. The molecule has 28 heavy (non-hydrogen) atoms. The van der Waals surface area contributed by atoms with Crippen LogP contribution in [0.25, 0.3) is 0 Å². The first kappa shape index (κ1) is 24.0. The van der Waals surface area contributed by atoms with Gasteiger partial charge in [-0.05, 0) is 0 Å². The average molecular weight is 470 g/mol. The maximum absolute atomic E-state index is 10.2. The zero-order chi connectivity index (χ0) is 21.4. The fraction of sp³-hybridized carbons (Fsp3) is 0.235. The van der Waals surface area contributed by atoms with Crippen molar-refractivity contribution >= 4 is 63.9 Å². The van der Waals surface area contributed by atoms with Gasteiger partial charge in [0.05, 0.1) is 34.1 Å². The SMILES string of the molecule is COc1cc(OC)c(Cl)c(N)c1Cl.COc1cc(OC)c(Cl)c(N=C=O)c1Cl. The highest BCUT2D eigenvalue weighted by molar-refractivity contribution is 6.41. The van der Waals surface area contributed by atoms with E-state index in [0.717, 1.165) is 0 Å². The number of nitrogens with two attached hydrogens (primary N) is 1. The van der Waals surface area contributed by atoms with Gasteiger partial charge >= 0.3 is 0 Å². The molecule has 0 bridgehead atoms. The number of carbonyl (C=O) groups excluding carboxylic acids is 1. The van der Waals surface area contributed by atoms with Gasteiger partial charge in [0, 0.05) is 12.1 Å². The van der Waals surface area contributed by atoms with Crippen LogP contribution < -0.4 is 24.7 Å². The first-order valence-electron chi connectivity index (χ1n) is 7.30. The summed E-state index contributed by atoms with van der Waals surface area (Å²) in [7, 11) is 5.86. The summed E-state index contributed by atoms with van der Waals surface area (Å²) in [6.07, 6.45) is 1.36. The number of halogens is 4. The second kappa shape index (κ2) is 11.1. The molecule has 0 saturated carbocycles. The lowest BCUT2D eigenvalue weighted by atomic mass is 10.2. The van der Waals surface area contributed by atoms with Crippen molar-refractivity contribution in [3.8, 4) is 23.0 Å². The Morgan fingerprint density at radius 1 is 0.750 bits per heavy atom. The largest absolute Gasteiger partial charge is 0.495 e. The van der Waals surface area contributed by atoms with Crippen LogP contribution in [0.4, 0.5) is 11.4 Å². The van der Waals surface area contributed by atoms with Crippen LogP contribution in [0.3, 0.4) is 0 Å². The zero-order valence-electron chi connectivity index (χ0n) is 15.2. The summed E-state index contributed by atoms with van der Waals surface area (Å²) in [4.78, 5) is 13.6. The molecule has 0 unspecified atom stereocenters. The smallest absolute Gasteiger partial charge is 0.240 e. The number of anilines is 1. The summed E-state index contributed by atoms with van der Waals surface area (Å²) in [5, 5.41) is 0.889. The molecule has 2 rings (SSSR count). The molecule has 152 valence electrons. The lowest BCUT2D eigenvalue weighted by molar-refractivity contribution is 0.395. The highest BCUT2D eigenvalue weighted by Gasteiger charge is 2.16. The first-order chi connectivity index (χ1) is 13.3. The summed E-state index contributed by atoms with van der Waals surface area (Å²) >= 11 is 23.4. The summed E-state index contributed by atoms with van der Waals surface area (Å²) in [5.41, 5.74) is 5.96. The lowest BCUT2D eigenvalue weighted by Crippen LogP contribution is -1.95. The summed E-state index contributed by atoms with van der Waals surface area (Å²) in [6.45, 7) is 0. The van der Waals surface area contributed by atoms with Gasteiger partial charge in [0.15, 0.2) is 0 Å². The molecule has 0 amide bonds. The van der Waals surface area contributed by atoms with Gasteiger partial charge in [-0.1, -0.05) is 46.4 Å². The molecule has 0 aromatic heterocycles. The van der Waals surface area contributed by atoms with Crippen LogP contribution >= 0.6 is 46.4 Å². The Balaban J connectivity index is 0.000000283. The average Bonchev–Trinajstić information content (AvgIpc) is 2.70. The predicted octanol–water partition coefficient (Wildman–Crippen LogP) is 5.57. The lowest BCUT2D eigenvalue weighted by Gasteiger charge is -2.10. The summed E-state index contributed by atoms with van der Waals surface area (Å²) < 4.78 is 19.9. The Morgan fingerprint density at radius 2 is 1.07 bits per heavy atom. The number of aliphatic imine (C=N–C) groups is 1. The Morgan fingerprint density at radius 3 is 1.36 bits per heavy atom. The van der Waals surface area contributed by atoms with Gasteiger partial charge < -0.3 is 24.7 Å². The quantitative estimate of drug-likeness (QED) is 0.349. The molecular formula is C17H16Cl4N2O5. The normalized spacial score (nSPS) is 9.57. The molecule has 0 atom stereocenters. The molecule has 0 saturated heterocycles. The van der Waals surface area contributed by atoms with Gasteiger partial charge in [0.1, 0.15) is 48.8 Å². The maximum Gasteiger partial charge on any atom is 0.240 e. The molecule has 0 radical (unpaired) electrons. The number of benzene rings is 2. The van der Waals surface area contributed by atoms with E-state index >= 15 is 0 Å². The zero-order valence-corrected chi connectivity index (χ0v) is 18.3. The van der Waals surface area contributed by atoms with E-state index < -0.39 is 0 Å². The molecular weight excluding hydrogens is 454 g/mol. The van der Waals surface area contributed by atoms with E-state index in [1.165, 1.54) is 40.6 Å². The maximum atomic E-state index is 10.2. The Bertz CT molecular complexity index is 846. The van der Waals surface area contributed by atoms with Gasteiger partial charge in [0.25, 0.3) is 0 Å². The van der Waals surface area contributed by atoms with Crippen molar-refractivity contribution in [2.75, 3.05) is 34.2 Å². The Kier molecular flexibility index (Phi) is 9.52. The van der Waals surface area contributed by atoms with Crippen LogP contribution in [0, 0.1) is 0 Å². The molecule has 2 N–H and O–H groups in total. The number of nitrogen functional groups attached to an aromatic ring is 1. The van der Waals surface area contributed by atoms with Gasteiger partial charge in [-0.3, -0.25) is 0 Å². The van der Waals surface area contributed by atoms with E-state index in [2.05, 4.69) is 4.99 Å². The van der Waals surface area contributed by atoms with Crippen LogP contribution in [-0.2, 0) is 4.79 Å². The fourth-order valence-electron chi connectivity index (χ4n) is 1.92. The number of hydrogen-bond donors (Lipinski definition) is 1. The van der Waals surface area contributed by atoms with Crippen LogP contribution in [0.2, 0.25) is 20.1 Å². The van der Waals surface area contributed by atoms with E-state index in [-0.39, 0.29) is 21.4 Å². The molecule has 7 nitrogen and oxygen atoms in total. The van der Waals surface area contributed by atoms with Crippen molar-refractivity contribution in [1.29, 1.82) is 0 Å². The molecule has 0 fully saturated rings. The van der Waals surface area contributed by atoms with Crippen LogP contribution in [0.1, 0.15) is 0 Å². The molecule has 0 aliphatic heterocycles. The molecule has 11 heteroatoms. The number of methoxy groups -OCH3 is 4. The predicted molar refractivity (Wildman–Crippen MR) is 111 cm³/mol. The topological polar surface area (TPSA) is 92.4 Å². The minimum atomic E-state index is 0.0875. The van der Waals surface area contributed by atoms with Crippen LogP contribution in [-0.4, -0.2) is 34.5 Å². The highest BCUT2D eigenvalue weighted by Crippen LogP contribution is 2.45. The highest BCUT2D eigenvalue weighted by atomic mass is 35.5. The Hall–Kier alpha value is -2.02. The molecule has 2 aromatic rings. The van der Waals surface area contributed by atoms with Crippen molar-refractivity contribution in [3.05, 3.63) is 32.2 Å². The minimum absolute atomic E-state index is 0.0875. The molecule has 0 aliphatic carbocycles. The standard InChI is InChI=1S/C9H7Cl2NO3.C8H9Cl2NO2/c1-14-5-3-6(15-2)8(11)9(7(5)10)12-4-13;1-12-4-3-5(13-2)7(10)8(11)6(4)9/h3H,1-2H3;3H,11H2,1-2H3. The number of nitrogens with zero attached hydrogens (tertiary/aromatic N) is 1. The first-order valence-corrected chi connectivity index (χ1v) is 8.81. The Labute approximate surface area is 181 Å². The monoisotopic (exact) mass is 468 g/mol. The van der Waals surface area contributed by atoms with Crippen molar-refractivity contribution in [1.82, 2.24) is 0 Å². The second-order valence-electron chi connectivity index (χ2n) is 4.78. The van der Waals surface area contributed by atoms with E-state index in [4.69, 9.17) is 71.1 Å². The van der Waals surface area contributed by atoms with E-state index in [0.29, 0.717) is 33.0 Å². The molecule has 0 spiro atoms. The number of hydrogen-bond acceptors (Lipinski definition) is 7. The van der Waals surface area contributed by atoms with Crippen molar-refractivity contribution in [2.24, 2.45) is 4.99 Å². The second-order valence-corrected chi connectivity index (χ2v) is 6.30. The fourth-order valence-corrected chi connectivity index (χ4v) is 3.01. The van der Waals surface area contributed by atoms with Crippen molar-refractivity contribution < 1.29 is 23.7 Å². The van der Waals surface area contributed by atoms with E-state index in [9.17, 15) is 4.79 Å². The molecule has 0 heterocycles. The number of ether oxygens (including phenoxy) is 4. The third kappa shape index (κ3) is 5.28. The van der Waals surface area contributed by atoms with Crippen molar-refractivity contribution in [3.63, 3.8) is 0 Å². The minimum Gasteiger partial charge on any atom is -0.495 e. The molecule has 2 aromatic carbocycles. The van der Waals surface area contributed by atoms with Gasteiger partial charge in [0.2, 0.25) is 6.08 Å². The third-order valence-corrected chi connectivity index (χ3v) is 4.83. The van der Waals surface area contributed by atoms with Gasteiger partial charge in [-0.25, -0.2) is 4.79 Å². The summed E-state index contributed by atoms with van der Waals surface area (Å²) in [5.74, 6) is 1.54. The van der Waals surface area contributed by atoms with Gasteiger partial charge in [-0.2, -0.15) is 4.99 Å². The third-order valence-electron chi connectivity index (χ3n) is 3.32. The van der Waals surface area contributed by atoms with Crippen LogP contribution in [0.15, 0.2) is 17.1 Å². The van der Waals surface area contributed by atoms with Crippen LogP contribution in [0.5, 0.6) is 23.0 Å². The van der Waals surface area contributed by atoms with Gasteiger partial charge in [-0.15, -0.1) is 0 Å². The summed E-state index contributed by atoms with van der Waals surface area (Å²) in [6, 6.07) is 3.09. The van der Waals surface area contributed by atoms with E-state index in [1.54, 1.807) is 6.07 Å². The van der Waals surface area contributed by atoms with Crippen molar-refractivity contribution in [2.45, 2.75) is 0 Å². The molecule has 0 aliphatic rings. The number of rotatable bonds is 5. The van der Waals surface area contributed by atoms with E-state index in [1.807, 2.05) is 0 Å².